The fourth-order valence-electron chi connectivity index (χ4n) is 2.30. The maximum Gasteiger partial charge on any atom is 0.244 e. The van der Waals surface area contributed by atoms with E-state index in [1.807, 2.05) is 43.3 Å². The number of hydrogen-bond acceptors (Lipinski definition) is 3. The number of ether oxygens (including phenoxy) is 1. The van der Waals surface area contributed by atoms with Gasteiger partial charge < -0.3 is 15.4 Å². The van der Waals surface area contributed by atoms with Crippen molar-refractivity contribution < 1.29 is 14.3 Å². The largest absolute Gasteiger partial charge is 0.496 e. The van der Waals surface area contributed by atoms with E-state index < -0.39 is 0 Å². The first-order valence-corrected chi connectivity index (χ1v) is 9.83. The zero-order valence-electron chi connectivity index (χ0n) is 15.0. The average molecular weight is 496 g/mol. The van der Waals surface area contributed by atoms with E-state index in [1.165, 1.54) is 6.08 Å². The Hall–Kier alpha value is -2.12. The molecule has 2 rings (SSSR count). The highest BCUT2D eigenvalue weighted by Crippen LogP contribution is 2.24. The number of rotatable bonds is 7. The van der Waals surface area contributed by atoms with Gasteiger partial charge in [0, 0.05) is 39.2 Å². The molecule has 5 nitrogen and oxygen atoms in total. The molecule has 2 aromatic carbocycles. The van der Waals surface area contributed by atoms with Crippen LogP contribution >= 0.6 is 31.9 Å². The van der Waals surface area contributed by atoms with Gasteiger partial charge in [-0.25, -0.2) is 0 Å². The lowest BCUT2D eigenvalue weighted by molar-refractivity contribution is -0.117. The topological polar surface area (TPSA) is 67.4 Å². The number of benzene rings is 2. The zero-order valence-corrected chi connectivity index (χ0v) is 18.2. The Morgan fingerprint density at radius 2 is 1.81 bits per heavy atom. The van der Waals surface area contributed by atoms with Crippen LogP contribution in [0.1, 0.15) is 17.5 Å². The summed E-state index contributed by atoms with van der Waals surface area (Å²) >= 11 is 6.77. The highest BCUT2D eigenvalue weighted by molar-refractivity contribution is 9.10. The van der Waals surface area contributed by atoms with Crippen LogP contribution in [-0.2, 0) is 9.59 Å². The summed E-state index contributed by atoms with van der Waals surface area (Å²) in [5.41, 5.74) is 2.51. The second-order valence-corrected chi connectivity index (χ2v) is 7.60. The third-order valence-electron chi connectivity index (χ3n) is 3.73. The molecule has 0 atom stereocenters. The molecule has 2 aromatic rings. The molecule has 0 unspecified atom stereocenters. The zero-order chi connectivity index (χ0) is 19.8. The van der Waals surface area contributed by atoms with E-state index in [4.69, 9.17) is 4.74 Å². The van der Waals surface area contributed by atoms with Gasteiger partial charge in [-0.1, -0.05) is 37.9 Å². The van der Waals surface area contributed by atoms with Gasteiger partial charge >= 0.3 is 0 Å². The van der Waals surface area contributed by atoms with Gasteiger partial charge in [0.15, 0.2) is 0 Å². The van der Waals surface area contributed by atoms with E-state index in [-0.39, 0.29) is 24.8 Å². The van der Waals surface area contributed by atoms with Crippen LogP contribution in [0.15, 0.2) is 51.4 Å². The Balaban J connectivity index is 1.83. The van der Waals surface area contributed by atoms with E-state index in [1.54, 1.807) is 13.2 Å². The molecule has 27 heavy (non-hydrogen) atoms. The minimum Gasteiger partial charge on any atom is -0.496 e. The average Bonchev–Trinajstić information content (AvgIpc) is 2.63. The summed E-state index contributed by atoms with van der Waals surface area (Å²) in [7, 11) is 1.58. The Morgan fingerprint density at radius 3 is 2.56 bits per heavy atom. The normalized spacial score (nSPS) is 10.7. The summed E-state index contributed by atoms with van der Waals surface area (Å²) in [6.45, 7) is 2.17. The van der Waals surface area contributed by atoms with E-state index in [0.717, 1.165) is 25.8 Å². The molecular weight excluding hydrogens is 476 g/mol. The summed E-state index contributed by atoms with van der Waals surface area (Å²) in [5.74, 6) is 0.239. The lowest BCUT2D eigenvalue weighted by atomic mass is 10.2. The second-order valence-electron chi connectivity index (χ2n) is 5.77. The molecule has 0 aliphatic heterocycles. The third-order valence-corrected chi connectivity index (χ3v) is 4.72. The monoisotopic (exact) mass is 494 g/mol. The Bertz CT molecular complexity index is 866. The number of carbonyl (C=O) groups is 2. The summed E-state index contributed by atoms with van der Waals surface area (Å²) < 4.78 is 7.04. The molecule has 0 radical (unpaired) electrons. The minimum atomic E-state index is -0.275. The number of carbonyl (C=O) groups excluding carboxylic acids is 2. The molecule has 0 heterocycles. The van der Waals surface area contributed by atoms with Crippen LogP contribution in [0.5, 0.6) is 5.75 Å². The van der Waals surface area contributed by atoms with Crippen molar-refractivity contribution in [2.24, 2.45) is 0 Å². The van der Waals surface area contributed by atoms with Crippen molar-refractivity contribution >= 4 is 55.4 Å². The first kappa shape index (κ1) is 21.2. The molecule has 7 heteroatoms. The van der Waals surface area contributed by atoms with Gasteiger partial charge in [-0.05, 0) is 48.9 Å². The van der Waals surface area contributed by atoms with Crippen LogP contribution in [0.2, 0.25) is 0 Å². The molecule has 0 saturated carbocycles. The molecule has 142 valence electrons. The molecule has 0 bridgehead atoms. The summed E-state index contributed by atoms with van der Waals surface area (Å²) in [5, 5.41) is 5.54. The molecule has 0 aliphatic carbocycles. The highest BCUT2D eigenvalue weighted by Gasteiger charge is 2.06. The van der Waals surface area contributed by atoms with Crippen LogP contribution in [0, 0.1) is 6.92 Å². The summed E-state index contributed by atoms with van der Waals surface area (Å²) in [6, 6.07) is 11.2. The van der Waals surface area contributed by atoms with Gasteiger partial charge in [0.25, 0.3) is 0 Å². The van der Waals surface area contributed by atoms with E-state index in [9.17, 15) is 9.59 Å². The standard InChI is InChI=1S/C20H20Br2N2O3/c1-13-3-5-16(22)12-17(13)24-20(26)9-10-23-19(25)8-4-14-11-15(21)6-7-18(14)27-2/h3-8,11-12H,9-10H2,1-2H3,(H,23,25)(H,24,26)/b8-4+. The number of aryl methyl sites for hydroxylation is 1. The van der Waals surface area contributed by atoms with Crippen LogP contribution < -0.4 is 15.4 Å². The maximum absolute atomic E-state index is 12.0. The summed E-state index contributed by atoms with van der Waals surface area (Å²) in [4.78, 5) is 24.0. The van der Waals surface area contributed by atoms with Gasteiger partial charge in [-0.15, -0.1) is 0 Å². The Labute approximate surface area is 175 Å². The van der Waals surface area contributed by atoms with Crippen molar-refractivity contribution in [3.05, 3.63) is 62.5 Å². The Morgan fingerprint density at radius 1 is 1.11 bits per heavy atom. The van der Waals surface area contributed by atoms with Gasteiger partial charge in [-0.3, -0.25) is 9.59 Å². The van der Waals surface area contributed by atoms with Crippen LogP contribution in [0.4, 0.5) is 5.69 Å². The lowest BCUT2D eigenvalue weighted by Gasteiger charge is -2.09. The van der Waals surface area contributed by atoms with Gasteiger partial charge in [0.1, 0.15) is 5.75 Å². The quantitative estimate of drug-likeness (QED) is 0.547. The molecular formula is C20H20Br2N2O3. The fraction of sp³-hybridized carbons (Fsp3) is 0.200. The molecule has 0 saturated heterocycles. The molecule has 2 N–H and O–H groups in total. The van der Waals surface area contributed by atoms with Crippen LogP contribution in [-0.4, -0.2) is 25.5 Å². The first-order valence-electron chi connectivity index (χ1n) is 8.24. The maximum atomic E-state index is 12.0. The molecule has 0 aromatic heterocycles. The van der Waals surface area contributed by atoms with E-state index >= 15 is 0 Å². The van der Waals surface area contributed by atoms with E-state index in [2.05, 4.69) is 42.5 Å². The smallest absolute Gasteiger partial charge is 0.244 e. The Kier molecular flexibility index (Phi) is 8.06. The number of anilines is 1. The number of halogens is 2. The van der Waals surface area contributed by atoms with E-state index in [0.29, 0.717) is 5.75 Å². The van der Waals surface area contributed by atoms with Crippen LogP contribution in [0.3, 0.4) is 0 Å². The van der Waals surface area contributed by atoms with Gasteiger partial charge in [-0.2, -0.15) is 0 Å². The van der Waals surface area contributed by atoms with Crippen molar-refractivity contribution in [3.8, 4) is 5.75 Å². The summed E-state index contributed by atoms with van der Waals surface area (Å²) in [6.07, 6.45) is 3.27. The molecule has 0 fully saturated rings. The number of methoxy groups -OCH3 is 1. The van der Waals surface area contributed by atoms with Crippen molar-refractivity contribution in [3.63, 3.8) is 0 Å². The van der Waals surface area contributed by atoms with Crippen molar-refractivity contribution in [2.75, 3.05) is 19.0 Å². The SMILES string of the molecule is COc1ccc(Br)cc1/C=C/C(=O)NCCC(=O)Nc1cc(Br)ccc1C. The van der Waals surface area contributed by atoms with Crippen LogP contribution in [0.25, 0.3) is 6.08 Å². The molecule has 0 aliphatic rings. The molecule has 0 spiro atoms. The predicted octanol–water partition coefficient (Wildman–Crippen LogP) is 4.69. The lowest BCUT2D eigenvalue weighted by Crippen LogP contribution is -2.26. The van der Waals surface area contributed by atoms with Crippen molar-refractivity contribution in [2.45, 2.75) is 13.3 Å². The van der Waals surface area contributed by atoms with Gasteiger partial charge in [0.05, 0.1) is 7.11 Å². The third kappa shape index (κ3) is 6.84. The number of nitrogens with one attached hydrogen (secondary N) is 2. The number of amides is 2. The minimum absolute atomic E-state index is 0.158. The highest BCUT2D eigenvalue weighted by atomic mass is 79.9. The number of hydrogen-bond donors (Lipinski definition) is 2. The fourth-order valence-corrected chi connectivity index (χ4v) is 3.04. The predicted molar refractivity (Wildman–Crippen MR) is 115 cm³/mol. The van der Waals surface area contributed by atoms with Gasteiger partial charge in [0.2, 0.25) is 11.8 Å². The second kappa shape index (κ2) is 10.3. The first-order chi connectivity index (χ1) is 12.9. The molecule has 2 amide bonds. The van der Waals surface area contributed by atoms with Crippen molar-refractivity contribution in [1.29, 1.82) is 0 Å². The van der Waals surface area contributed by atoms with Crippen molar-refractivity contribution in [1.82, 2.24) is 5.32 Å².